The number of quaternary nitrogens is 1. The summed E-state index contributed by atoms with van der Waals surface area (Å²) in [5, 5.41) is 8.09. The SMILES string of the molecule is CC[N+](C)(C)CC(Cc1ccccc1)NC(=O)CNC(=O)[C@H](COC)NC(=O)OC(C)(C)C. The lowest BCUT2D eigenvalue weighted by molar-refractivity contribution is -0.889. The van der Waals surface area contributed by atoms with E-state index in [9.17, 15) is 14.4 Å². The number of alkyl carbamates (subject to hydrolysis) is 1. The fourth-order valence-corrected chi connectivity index (χ4v) is 3.15. The van der Waals surface area contributed by atoms with E-state index in [4.69, 9.17) is 9.47 Å². The van der Waals surface area contributed by atoms with Crippen LogP contribution in [0.15, 0.2) is 30.3 Å². The van der Waals surface area contributed by atoms with Crippen molar-refractivity contribution in [3.63, 3.8) is 0 Å². The van der Waals surface area contributed by atoms with E-state index in [-0.39, 0.29) is 25.1 Å². The van der Waals surface area contributed by atoms with Crippen LogP contribution in [-0.4, -0.2) is 87.5 Å². The predicted octanol–water partition coefficient (Wildman–Crippen LogP) is 1.47. The summed E-state index contributed by atoms with van der Waals surface area (Å²) < 4.78 is 11.0. The smallest absolute Gasteiger partial charge is 0.408 e. The number of ether oxygens (including phenoxy) is 2. The second kappa shape index (κ2) is 13.2. The molecule has 0 aromatic heterocycles. The Morgan fingerprint density at radius 3 is 2.24 bits per heavy atom. The minimum absolute atomic E-state index is 0.0501. The quantitative estimate of drug-likeness (QED) is 0.406. The molecule has 9 nitrogen and oxygen atoms in total. The summed E-state index contributed by atoms with van der Waals surface area (Å²) in [4.78, 5) is 37.2. The molecule has 0 bridgehead atoms. The second-order valence-electron chi connectivity index (χ2n) is 9.76. The maximum atomic E-state index is 12.6. The first-order valence-corrected chi connectivity index (χ1v) is 11.3. The van der Waals surface area contributed by atoms with Gasteiger partial charge in [0.25, 0.3) is 0 Å². The third-order valence-electron chi connectivity index (χ3n) is 5.02. The van der Waals surface area contributed by atoms with E-state index in [1.807, 2.05) is 30.3 Å². The number of rotatable bonds is 12. The highest BCUT2D eigenvalue weighted by Gasteiger charge is 2.26. The molecule has 1 aromatic rings. The van der Waals surface area contributed by atoms with Crippen LogP contribution in [0.25, 0.3) is 0 Å². The molecular weight excluding hydrogens is 424 g/mol. The summed E-state index contributed by atoms with van der Waals surface area (Å²) >= 11 is 0. The van der Waals surface area contributed by atoms with Gasteiger partial charge in [0.1, 0.15) is 11.6 Å². The summed E-state index contributed by atoms with van der Waals surface area (Å²) in [6.07, 6.45) is -0.0408. The maximum Gasteiger partial charge on any atom is 0.408 e. The van der Waals surface area contributed by atoms with Gasteiger partial charge in [0.05, 0.1) is 46.4 Å². The van der Waals surface area contributed by atoms with E-state index in [0.717, 1.165) is 23.1 Å². The lowest BCUT2D eigenvalue weighted by Gasteiger charge is -2.33. The van der Waals surface area contributed by atoms with E-state index in [1.165, 1.54) is 7.11 Å². The molecule has 0 fully saturated rings. The van der Waals surface area contributed by atoms with Gasteiger partial charge < -0.3 is 29.9 Å². The molecule has 0 heterocycles. The maximum absolute atomic E-state index is 12.6. The standard InChI is InChI=1S/C24H40N4O5/c1-8-28(5,6)16-19(14-18-12-10-9-11-13-18)26-21(29)15-25-22(30)20(17-32-7)27-23(31)33-24(2,3)4/h9-13,19-20H,8,14-17H2,1-7H3,(H2-,25,26,27,29,30,31)/p+1/t19?,20-/m0/s1. The van der Waals surface area contributed by atoms with Crippen LogP contribution in [0.4, 0.5) is 4.79 Å². The molecule has 0 radical (unpaired) electrons. The van der Waals surface area contributed by atoms with Crippen LogP contribution in [-0.2, 0) is 25.5 Å². The highest BCUT2D eigenvalue weighted by Crippen LogP contribution is 2.08. The van der Waals surface area contributed by atoms with Crippen molar-refractivity contribution in [3.8, 4) is 0 Å². The van der Waals surface area contributed by atoms with Crippen molar-refractivity contribution in [3.05, 3.63) is 35.9 Å². The van der Waals surface area contributed by atoms with Gasteiger partial charge in [-0.3, -0.25) is 9.59 Å². The van der Waals surface area contributed by atoms with Crippen molar-refractivity contribution in [1.29, 1.82) is 0 Å². The highest BCUT2D eigenvalue weighted by atomic mass is 16.6. The molecular formula is C24H41N4O5+. The Bertz CT molecular complexity index is 762. The zero-order chi connectivity index (χ0) is 25.1. The zero-order valence-electron chi connectivity index (χ0n) is 21.1. The first-order chi connectivity index (χ1) is 15.3. The number of likely N-dealkylation sites (N-methyl/N-ethyl adjacent to an activating group) is 1. The molecule has 186 valence electrons. The van der Waals surface area contributed by atoms with Crippen LogP contribution in [0.5, 0.6) is 0 Å². The van der Waals surface area contributed by atoms with E-state index in [0.29, 0.717) is 6.42 Å². The zero-order valence-corrected chi connectivity index (χ0v) is 21.1. The molecule has 9 heteroatoms. The minimum Gasteiger partial charge on any atom is -0.444 e. The number of carbonyl (C=O) groups excluding carboxylic acids is 3. The van der Waals surface area contributed by atoms with Crippen LogP contribution >= 0.6 is 0 Å². The predicted molar refractivity (Wildman–Crippen MR) is 128 cm³/mol. The Hall–Kier alpha value is -2.65. The van der Waals surface area contributed by atoms with E-state index in [2.05, 4.69) is 37.0 Å². The van der Waals surface area contributed by atoms with Gasteiger partial charge in [0.2, 0.25) is 11.8 Å². The molecule has 33 heavy (non-hydrogen) atoms. The number of carbonyl (C=O) groups is 3. The van der Waals surface area contributed by atoms with Crippen molar-refractivity contribution < 1.29 is 28.3 Å². The summed E-state index contributed by atoms with van der Waals surface area (Å²) in [5.74, 6) is -0.823. The Labute approximate surface area is 197 Å². The first kappa shape index (κ1) is 28.4. The fourth-order valence-electron chi connectivity index (χ4n) is 3.15. The molecule has 1 rings (SSSR count). The Morgan fingerprint density at radius 2 is 1.70 bits per heavy atom. The second-order valence-corrected chi connectivity index (χ2v) is 9.76. The molecule has 0 aliphatic heterocycles. The molecule has 3 amide bonds. The first-order valence-electron chi connectivity index (χ1n) is 11.3. The van der Waals surface area contributed by atoms with Crippen LogP contribution in [0, 0.1) is 0 Å². The third-order valence-corrected chi connectivity index (χ3v) is 5.02. The van der Waals surface area contributed by atoms with Gasteiger partial charge in [0.15, 0.2) is 0 Å². The van der Waals surface area contributed by atoms with Crippen molar-refractivity contribution >= 4 is 17.9 Å². The molecule has 0 aliphatic carbocycles. The van der Waals surface area contributed by atoms with Gasteiger partial charge in [-0.1, -0.05) is 30.3 Å². The third kappa shape index (κ3) is 12.2. The van der Waals surface area contributed by atoms with Gasteiger partial charge >= 0.3 is 6.09 Å². The number of hydrogen-bond acceptors (Lipinski definition) is 5. The average Bonchev–Trinajstić information content (AvgIpc) is 2.70. The van der Waals surface area contributed by atoms with E-state index in [1.54, 1.807) is 20.8 Å². The van der Waals surface area contributed by atoms with Crippen LogP contribution in [0.1, 0.15) is 33.3 Å². The molecule has 1 aromatic carbocycles. The van der Waals surface area contributed by atoms with Gasteiger partial charge in [-0.05, 0) is 39.7 Å². The topological polar surface area (TPSA) is 106 Å². The number of nitrogens with zero attached hydrogens (tertiary/aromatic N) is 1. The molecule has 1 unspecified atom stereocenters. The lowest BCUT2D eigenvalue weighted by atomic mass is 10.0. The normalized spacial score (nSPS) is 13.5. The van der Waals surface area contributed by atoms with Crippen LogP contribution < -0.4 is 16.0 Å². The summed E-state index contributed by atoms with van der Waals surface area (Å²) in [5.41, 5.74) is 0.432. The summed E-state index contributed by atoms with van der Waals surface area (Å²) in [6, 6.07) is 8.90. The highest BCUT2D eigenvalue weighted by molar-refractivity contribution is 5.89. The Kier molecular flexibility index (Phi) is 11.3. The molecule has 2 atom stereocenters. The molecule has 0 aliphatic rings. The average molecular weight is 466 g/mol. The minimum atomic E-state index is -0.978. The van der Waals surface area contributed by atoms with Gasteiger partial charge in [-0.15, -0.1) is 0 Å². The Morgan fingerprint density at radius 1 is 1.06 bits per heavy atom. The largest absolute Gasteiger partial charge is 0.444 e. The number of hydrogen-bond donors (Lipinski definition) is 3. The van der Waals surface area contributed by atoms with Crippen LogP contribution in [0.2, 0.25) is 0 Å². The molecule has 3 N–H and O–H groups in total. The van der Waals surface area contributed by atoms with Crippen molar-refractivity contribution in [2.45, 2.75) is 51.8 Å². The Balaban J connectivity index is 2.70. The molecule has 0 spiro atoms. The monoisotopic (exact) mass is 465 g/mol. The van der Waals surface area contributed by atoms with Crippen molar-refractivity contribution in [2.24, 2.45) is 0 Å². The lowest BCUT2D eigenvalue weighted by Crippen LogP contribution is -2.55. The van der Waals surface area contributed by atoms with E-state index < -0.39 is 23.6 Å². The van der Waals surface area contributed by atoms with Crippen molar-refractivity contribution in [1.82, 2.24) is 16.0 Å². The number of benzene rings is 1. The van der Waals surface area contributed by atoms with Crippen molar-refractivity contribution in [2.75, 3.05) is 47.4 Å². The summed E-state index contributed by atoms with van der Waals surface area (Å²) in [7, 11) is 5.65. The molecule has 0 saturated heterocycles. The van der Waals surface area contributed by atoms with E-state index >= 15 is 0 Å². The fraction of sp³-hybridized carbons (Fsp3) is 0.625. The van der Waals surface area contributed by atoms with Crippen LogP contribution in [0.3, 0.4) is 0 Å². The molecule has 0 saturated carbocycles. The van der Waals surface area contributed by atoms with Gasteiger partial charge in [-0.2, -0.15) is 0 Å². The number of methoxy groups -OCH3 is 1. The summed E-state index contributed by atoms with van der Waals surface area (Å²) in [6.45, 7) is 8.71. The number of amides is 3. The number of nitrogens with one attached hydrogen (secondary N) is 3. The van der Waals surface area contributed by atoms with Gasteiger partial charge in [-0.25, -0.2) is 4.79 Å². The van der Waals surface area contributed by atoms with Gasteiger partial charge in [0, 0.05) is 7.11 Å².